The Kier molecular flexibility index (Phi) is 24.5. The van der Waals surface area contributed by atoms with Crippen molar-refractivity contribution in [1.82, 2.24) is 45.9 Å². The van der Waals surface area contributed by atoms with Crippen LogP contribution in [0.3, 0.4) is 0 Å². The normalized spacial score (nSPS) is 14.8. The molecule has 3 aromatic heterocycles. The molecule has 99 heavy (non-hydrogen) atoms. The molecule has 522 valence electrons. The highest BCUT2D eigenvalue weighted by Gasteiger charge is 2.26. The SMILES string of the molecule is CC(Oc1cc(F)cc(F)c1)c1cc(C(=O)NCCO)cc2ncc(N3CCOCC3)nc12.CC(Oc1cc(F)cc(F)c1)c1cc(C(=O)NCCO)cc2ncc(N3CCOCC3)nc12.CC(Oc1cc(F)cc(F)c1)c1cc(C(=O)NCCO)cc2ncc(N3CCOCC3)nc12. The number of fused-ring (bicyclic) bond motifs is 3. The number of carbonyl (C=O) groups is 3. The fourth-order valence-corrected chi connectivity index (χ4v) is 11.0. The van der Waals surface area contributed by atoms with E-state index in [9.17, 15) is 40.7 Å². The summed E-state index contributed by atoms with van der Waals surface area (Å²) in [5.74, 6) is -3.69. The van der Waals surface area contributed by atoms with Gasteiger partial charge < -0.3 is 74.4 Å². The fourth-order valence-electron chi connectivity index (χ4n) is 11.0. The first-order valence-electron chi connectivity index (χ1n) is 31.8. The molecule has 3 saturated heterocycles. The lowest BCUT2D eigenvalue weighted by Gasteiger charge is -2.28. The Morgan fingerprint density at radius 3 is 0.879 bits per heavy atom. The summed E-state index contributed by atoms with van der Waals surface area (Å²) in [6.45, 7) is 12.4. The van der Waals surface area contributed by atoms with E-state index >= 15 is 0 Å². The Morgan fingerprint density at radius 2 is 0.646 bits per heavy atom. The topological polar surface area (TPSA) is 290 Å². The number of aliphatic hydroxyl groups excluding tert-OH is 3. The number of halogens is 6. The number of hydrogen-bond acceptors (Lipinski definition) is 21. The summed E-state index contributed by atoms with van der Waals surface area (Å²) < 4.78 is 116. The monoisotopic (exact) mass is 1370 g/mol. The van der Waals surface area contributed by atoms with Crippen LogP contribution in [0, 0.1) is 34.9 Å². The largest absolute Gasteiger partial charge is 0.486 e. The third-order valence-corrected chi connectivity index (χ3v) is 15.7. The lowest BCUT2D eigenvalue weighted by atomic mass is 10.0. The number of amides is 3. The van der Waals surface area contributed by atoms with Crippen molar-refractivity contribution < 1.29 is 84.5 Å². The van der Waals surface area contributed by atoms with Crippen LogP contribution in [0.25, 0.3) is 33.1 Å². The van der Waals surface area contributed by atoms with Crippen molar-refractivity contribution in [2.45, 2.75) is 39.1 Å². The summed E-state index contributed by atoms with van der Waals surface area (Å²) in [4.78, 5) is 71.6. The lowest BCUT2D eigenvalue weighted by Crippen LogP contribution is -2.36. The molecule has 6 heterocycles. The van der Waals surface area contributed by atoms with E-state index in [0.29, 0.717) is 163 Å². The fraction of sp³-hybridized carbons (Fsp3) is 0.348. The van der Waals surface area contributed by atoms with Gasteiger partial charge in [0.2, 0.25) is 0 Å². The molecule has 3 atom stereocenters. The highest BCUT2D eigenvalue weighted by atomic mass is 19.2. The van der Waals surface area contributed by atoms with Gasteiger partial charge in [0.05, 0.1) is 111 Å². The van der Waals surface area contributed by atoms with Crippen molar-refractivity contribution >= 4 is 68.3 Å². The van der Waals surface area contributed by atoms with Crippen molar-refractivity contribution in [3.63, 3.8) is 0 Å². The van der Waals surface area contributed by atoms with Crippen LogP contribution in [-0.4, -0.2) is 181 Å². The molecule has 0 aliphatic carbocycles. The molecule has 6 N–H and O–H groups in total. The summed E-state index contributed by atoms with van der Waals surface area (Å²) in [6, 6.07) is 18.5. The number of benzene rings is 6. The Hall–Kier alpha value is -10.1. The van der Waals surface area contributed by atoms with Crippen LogP contribution >= 0.6 is 0 Å². The van der Waals surface area contributed by atoms with Crippen LogP contribution in [0.2, 0.25) is 0 Å². The van der Waals surface area contributed by atoms with Crippen LogP contribution in [0.1, 0.15) is 86.8 Å². The second kappa shape index (κ2) is 33.9. The quantitative estimate of drug-likeness (QED) is 0.0374. The molecule has 0 radical (unpaired) electrons. The first-order chi connectivity index (χ1) is 47.8. The molecule has 0 spiro atoms. The number of nitrogens with one attached hydrogen (secondary N) is 3. The second-order valence-corrected chi connectivity index (χ2v) is 22.8. The molecule has 12 rings (SSSR count). The van der Waals surface area contributed by atoms with E-state index in [2.05, 4.69) is 45.6 Å². The van der Waals surface area contributed by atoms with Crippen molar-refractivity contribution in [2.75, 3.05) is 133 Å². The van der Waals surface area contributed by atoms with E-state index in [4.69, 9.17) is 58.7 Å². The molecule has 3 amide bonds. The molecule has 0 bridgehead atoms. The molecule has 3 aliphatic heterocycles. The number of aliphatic hydroxyl groups is 3. The molecule has 24 nitrogen and oxygen atoms in total. The number of ether oxygens (including phenoxy) is 6. The van der Waals surface area contributed by atoms with E-state index in [1.165, 1.54) is 0 Å². The summed E-state index contributed by atoms with van der Waals surface area (Å²) in [5, 5.41) is 34.8. The van der Waals surface area contributed by atoms with Crippen LogP contribution in [-0.2, 0) is 14.2 Å². The number of hydrogen-bond donors (Lipinski definition) is 6. The van der Waals surface area contributed by atoms with Gasteiger partial charge in [0, 0.05) is 147 Å². The minimum atomic E-state index is -0.756. The Balaban J connectivity index is 0.000000161. The smallest absolute Gasteiger partial charge is 0.251 e. The van der Waals surface area contributed by atoms with Gasteiger partial charge in [-0.15, -0.1) is 0 Å². The van der Waals surface area contributed by atoms with Crippen LogP contribution in [0.4, 0.5) is 43.8 Å². The zero-order valence-electron chi connectivity index (χ0n) is 54.2. The van der Waals surface area contributed by atoms with E-state index in [-0.39, 0.29) is 56.7 Å². The van der Waals surface area contributed by atoms with E-state index in [1.54, 1.807) is 75.8 Å². The van der Waals surface area contributed by atoms with E-state index in [0.717, 1.165) is 54.6 Å². The Morgan fingerprint density at radius 1 is 0.404 bits per heavy atom. The molecule has 9 aromatic rings. The Labute approximate surface area is 563 Å². The van der Waals surface area contributed by atoms with E-state index < -0.39 is 70.9 Å². The summed E-state index contributed by atoms with van der Waals surface area (Å²) in [5.41, 5.74) is 5.49. The van der Waals surface area contributed by atoms with Crippen LogP contribution in [0.15, 0.2) is 110 Å². The third kappa shape index (κ3) is 19.0. The van der Waals surface area contributed by atoms with Crippen LogP contribution in [0.5, 0.6) is 17.2 Å². The van der Waals surface area contributed by atoms with Gasteiger partial charge in [0.25, 0.3) is 17.7 Å². The summed E-state index contributed by atoms with van der Waals surface area (Å²) in [6.07, 6.45) is 2.82. The third-order valence-electron chi connectivity index (χ3n) is 15.7. The van der Waals surface area contributed by atoms with Gasteiger partial charge in [0.15, 0.2) is 0 Å². The zero-order chi connectivity index (χ0) is 70.1. The maximum absolute atomic E-state index is 13.6. The molecule has 0 saturated carbocycles. The molecule has 3 unspecified atom stereocenters. The van der Waals surface area contributed by atoms with Crippen LogP contribution < -0.4 is 44.9 Å². The van der Waals surface area contributed by atoms with Crippen molar-refractivity contribution in [1.29, 1.82) is 0 Å². The Bertz CT molecular complexity index is 3830. The molecular formula is C69H72F6N12O12. The molecular weight excluding hydrogens is 1300 g/mol. The first-order valence-corrected chi connectivity index (χ1v) is 31.8. The molecule has 3 aliphatic rings. The van der Waals surface area contributed by atoms with Gasteiger partial charge in [-0.3, -0.25) is 29.3 Å². The molecule has 6 aromatic carbocycles. The van der Waals surface area contributed by atoms with Gasteiger partial charge in [-0.25, -0.2) is 41.3 Å². The van der Waals surface area contributed by atoms with Gasteiger partial charge in [0.1, 0.15) is 87.9 Å². The second-order valence-electron chi connectivity index (χ2n) is 22.8. The number of carbonyl (C=O) groups excluding carboxylic acids is 3. The van der Waals surface area contributed by atoms with Gasteiger partial charge in [-0.2, -0.15) is 0 Å². The molecule has 3 fully saturated rings. The van der Waals surface area contributed by atoms with Gasteiger partial charge in [-0.05, 0) is 57.2 Å². The predicted molar refractivity (Wildman–Crippen MR) is 352 cm³/mol. The lowest BCUT2D eigenvalue weighted by molar-refractivity contribution is 0.0937. The number of anilines is 3. The number of aromatic nitrogens is 6. The summed E-state index contributed by atoms with van der Waals surface area (Å²) >= 11 is 0. The first kappa shape index (κ1) is 71.7. The number of nitrogens with zero attached hydrogens (tertiary/aromatic N) is 9. The van der Waals surface area contributed by atoms with Gasteiger partial charge in [-0.1, -0.05) is 0 Å². The summed E-state index contributed by atoms with van der Waals surface area (Å²) in [7, 11) is 0. The van der Waals surface area contributed by atoms with Crippen molar-refractivity contribution in [2.24, 2.45) is 0 Å². The van der Waals surface area contributed by atoms with Gasteiger partial charge >= 0.3 is 0 Å². The standard InChI is InChI=1S/3C23H24F2N4O4/c3*1-14(33-18-11-16(24)10-17(25)12-18)19-8-15(23(31)26-2-5-30)9-20-22(19)28-21(13-27-20)29-3-6-32-7-4-29/h3*8-14,30H,2-7H2,1H3,(H,26,31). The highest BCUT2D eigenvalue weighted by Crippen LogP contribution is 2.34. The zero-order valence-corrected chi connectivity index (χ0v) is 54.2. The number of rotatable bonds is 21. The predicted octanol–water partition coefficient (Wildman–Crippen LogP) is 7.82. The van der Waals surface area contributed by atoms with E-state index in [1.807, 2.05) is 0 Å². The van der Waals surface area contributed by atoms with Crippen molar-refractivity contribution in [3.8, 4) is 17.2 Å². The maximum atomic E-state index is 13.6. The highest BCUT2D eigenvalue weighted by molar-refractivity contribution is 6.00. The minimum absolute atomic E-state index is 0.0144. The molecule has 30 heteroatoms. The minimum Gasteiger partial charge on any atom is -0.486 e. The average Bonchev–Trinajstić information content (AvgIpc) is 0.791. The number of morpholine rings is 3. The van der Waals surface area contributed by atoms with Crippen molar-refractivity contribution in [3.05, 3.63) is 178 Å². The maximum Gasteiger partial charge on any atom is 0.251 e. The average molecular weight is 1380 g/mol.